The first-order valence-corrected chi connectivity index (χ1v) is 6.63. The molecule has 1 aliphatic rings. The van der Waals surface area contributed by atoms with E-state index in [4.69, 9.17) is 9.47 Å². The van der Waals surface area contributed by atoms with Crippen molar-refractivity contribution >= 4 is 5.69 Å². The molecule has 112 valence electrons. The molecule has 1 aromatic rings. The maximum absolute atomic E-state index is 12.3. The molecule has 0 bridgehead atoms. The number of hydrogen-bond donors (Lipinski definition) is 1. The monoisotopic (exact) mass is 287 g/mol. The lowest BCUT2D eigenvalue weighted by molar-refractivity contribution is -0.0511. The summed E-state index contributed by atoms with van der Waals surface area (Å²) in [6, 6.07) is 4.94. The minimum absolute atomic E-state index is 0.0412. The third-order valence-corrected chi connectivity index (χ3v) is 3.32. The Morgan fingerprint density at radius 3 is 2.70 bits per heavy atom. The lowest BCUT2D eigenvalue weighted by Gasteiger charge is -2.23. The molecular formula is C14H19F2NO3. The van der Waals surface area contributed by atoms with E-state index < -0.39 is 6.61 Å². The van der Waals surface area contributed by atoms with Crippen LogP contribution in [0.15, 0.2) is 18.2 Å². The molecule has 1 fully saturated rings. The number of hydrogen-bond acceptors (Lipinski definition) is 4. The molecule has 0 unspecified atom stereocenters. The number of halogens is 2. The van der Waals surface area contributed by atoms with Crippen LogP contribution in [-0.2, 0) is 4.74 Å². The van der Waals surface area contributed by atoms with Crippen molar-refractivity contribution < 1.29 is 23.0 Å². The maximum atomic E-state index is 12.3. The third-order valence-electron chi connectivity index (χ3n) is 3.32. The molecule has 20 heavy (non-hydrogen) atoms. The van der Waals surface area contributed by atoms with Crippen molar-refractivity contribution in [2.24, 2.45) is 5.92 Å². The molecule has 0 radical (unpaired) electrons. The summed E-state index contributed by atoms with van der Waals surface area (Å²) in [4.78, 5) is 0. The fourth-order valence-corrected chi connectivity index (χ4v) is 2.19. The van der Waals surface area contributed by atoms with Crippen LogP contribution in [0.3, 0.4) is 0 Å². The highest BCUT2D eigenvalue weighted by molar-refractivity contribution is 5.54. The zero-order valence-corrected chi connectivity index (χ0v) is 11.4. The van der Waals surface area contributed by atoms with Gasteiger partial charge in [-0.05, 0) is 30.9 Å². The van der Waals surface area contributed by atoms with Crippen LogP contribution in [0.5, 0.6) is 11.5 Å². The summed E-state index contributed by atoms with van der Waals surface area (Å²) in [5.41, 5.74) is 0.743. The Morgan fingerprint density at radius 1 is 1.30 bits per heavy atom. The SMILES string of the molecule is COc1ccc(NCC2CCOCC2)cc1OC(F)F. The predicted molar refractivity (Wildman–Crippen MR) is 71.7 cm³/mol. The number of benzene rings is 1. The second kappa shape index (κ2) is 7.28. The van der Waals surface area contributed by atoms with Gasteiger partial charge >= 0.3 is 6.61 Å². The molecule has 2 rings (SSSR count). The average molecular weight is 287 g/mol. The summed E-state index contributed by atoms with van der Waals surface area (Å²) >= 11 is 0. The molecule has 0 spiro atoms. The molecule has 1 aromatic carbocycles. The van der Waals surface area contributed by atoms with Gasteiger partial charge in [0.15, 0.2) is 11.5 Å². The van der Waals surface area contributed by atoms with E-state index in [-0.39, 0.29) is 5.75 Å². The highest BCUT2D eigenvalue weighted by atomic mass is 19.3. The van der Waals surface area contributed by atoms with E-state index >= 15 is 0 Å². The van der Waals surface area contributed by atoms with Crippen molar-refractivity contribution in [3.05, 3.63) is 18.2 Å². The van der Waals surface area contributed by atoms with Gasteiger partial charge in [0, 0.05) is 31.5 Å². The van der Waals surface area contributed by atoms with Crippen LogP contribution < -0.4 is 14.8 Å². The molecule has 6 heteroatoms. The maximum Gasteiger partial charge on any atom is 0.387 e. The molecule has 0 amide bonds. The summed E-state index contributed by atoms with van der Waals surface area (Å²) in [7, 11) is 1.42. The van der Waals surface area contributed by atoms with Gasteiger partial charge in [-0.3, -0.25) is 0 Å². The Kier molecular flexibility index (Phi) is 5.40. The molecule has 1 N–H and O–H groups in total. The highest BCUT2D eigenvalue weighted by Gasteiger charge is 2.15. The van der Waals surface area contributed by atoms with E-state index in [1.807, 2.05) is 0 Å². The van der Waals surface area contributed by atoms with Gasteiger partial charge in [-0.15, -0.1) is 0 Å². The minimum Gasteiger partial charge on any atom is -0.493 e. The van der Waals surface area contributed by atoms with E-state index in [1.165, 1.54) is 13.2 Å². The molecule has 0 aliphatic carbocycles. The highest BCUT2D eigenvalue weighted by Crippen LogP contribution is 2.31. The first kappa shape index (κ1) is 14.8. The first-order valence-electron chi connectivity index (χ1n) is 6.63. The topological polar surface area (TPSA) is 39.7 Å². The van der Waals surface area contributed by atoms with E-state index in [0.717, 1.165) is 38.3 Å². The van der Waals surface area contributed by atoms with E-state index in [2.05, 4.69) is 10.1 Å². The minimum atomic E-state index is -2.87. The first-order chi connectivity index (χ1) is 9.69. The quantitative estimate of drug-likeness (QED) is 0.872. The molecular weight excluding hydrogens is 268 g/mol. The summed E-state index contributed by atoms with van der Waals surface area (Å²) in [5, 5.41) is 3.24. The van der Waals surface area contributed by atoms with Crippen molar-refractivity contribution in [2.75, 3.05) is 32.2 Å². The molecule has 0 saturated carbocycles. The Hall–Kier alpha value is -1.56. The summed E-state index contributed by atoms with van der Waals surface area (Å²) in [6.07, 6.45) is 2.03. The number of ether oxygens (including phenoxy) is 3. The van der Waals surface area contributed by atoms with Crippen molar-refractivity contribution in [2.45, 2.75) is 19.5 Å². The van der Waals surface area contributed by atoms with E-state index in [0.29, 0.717) is 11.7 Å². The van der Waals surface area contributed by atoms with Gasteiger partial charge in [0.2, 0.25) is 0 Å². The van der Waals surface area contributed by atoms with Crippen LogP contribution in [0.2, 0.25) is 0 Å². The summed E-state index contributed by atoms with van der Waals surface area (Å²) in [5.74, 6) is 0.881. The lowest BCUT2D eigenvalue weighted by atomic mass is 10.0. The molecule has 4 nitrogen and oxygen atoms in total. The van der Waals surface area contributed by atoms with Crippen molar-refractivity contribution in [3.63, 3.8) is 0 Å². The van der Waals surface area contributed by atoms with Gasteiger partial charge in [0.1, 0.15) is 0 Å². The summed E-state index contributed by atoms with van der Waals surface area (Å²) in [6.45, 7) is -0.498. The Labute approximate surface area is 117 Å². The molecule has 1 heterocycles. The van der Waals surface area contributed by atoms with Gasteiger partial charge < -0.3 is 19.5 Å². The van der Waals surface area contributed by atoms with Gasteiger partial charge in [-0.25, -0.2) is 0 Å². The Morgan fingerprint density at radius 2 is 2.05 bits per heavy atom. The molecule has 0 aromatic heterocycles. The van der Waals surface area contributed by atoms with Crippen molar-refractivity contribution in [1.82, 2.24) is 0 Å². The van der Waals surface area contributed by atoms with Crippen LogP contribution in [0.4, 0.5) is 14.5 Å². The lowest BCUT2D eigenvalue weighted by Crippen LogP contribution is -2.22. The van der Waals surface area contributed by atoms with E-state index in [1.54, 1.807) is 12.1 Å². The number of rotatable bonds is 6. The van der Waals surface area contributed by atoms with E-state index in [9.17, 15) is 8.78 Å². The summed E-state index contributed by atoms with van der Waals surface area (Å²) < 4.78 is 39.4. The van der Waals surface area contributed by atoms with Crippen molar-refractivity contribution in [1.29, 1.82) is 0 Å². The fraction of sp³-hybridized carbons (Fsp3) is 0.571. The zero-order valence-electron chi connectivity index (χ0n) is 11.4. The Bertz CT molecular complexity index is 423. The van der Waals surface area contributed by atoms with Crippen molar-refractivity contribution in [3.8, 4) is 11.5 Å². The second-order valence-electron chi connectivity index (χ2n) is 4.68. The van der Waals surface area contributed by atoms with Gasteiger partial charge in [-0.1, -0.05) is 0 Å². The number of nitrogens with one attached hydrogen (secondary N) is 1. The molecule has 1 aliphatic heterocycles. The van der Waals surface area contributed by atoms with Crippen LogP contribution in [0, 0.1) is 5.92 Å². The standard InChI is InChI=1S/C14H19F2NO3/c1-18-12-3-2-11(8-13(12)20-14(15)16)17-9-10-4-6-19-7-5-10/h2-3,8,10,14,17H,4-7,9H2,1H3. The van der Waals surface area contributed by atoms with Crippen LogP contribution >= 0.6 is 0 Å². The average Bonchev–Trinajstić information content (AvgIpc) is 2.46. The predicted octanol–water partition coefficient (Wildman–Crippen LogP) is 3.14. The number of anilines is 1. The smallest absolute Gasteiger partial charge is 0.387 e. The molecule has 0 atom stereocenters. The number of methoxy groups -OCH3 is 1. The van der Waals surface area contributed by atoms with Gasteiger partial charge in [0.05, 0.1) is 7.11 Å². The van der Waals surface area contributed by atoms with Crippen LogP contribution in [0.1, 0.15) is 12.8 Å². The van der Waals surface area contributed by atoms with Crippen LogP contribution in [0.25, 0.3) is 0 Å². The van der Waals surface area contributed by atoms with Gasteiger partial charge in [0.25, 0.3) is 0 Å². The third kappa shape index (κ3) is 4.23. The molecule has 1 saturated heterocycles. The van der Waals surface area contributed by atoms with Gasteiger partial charge in [-0.2, -0.15) is 8.78 Å². The zero-order chi connectivity index (χ0) is 14.4. The normalized spacial score (nSPS) is 16.2. The van der Waals surface area contributed by atoms with Crippen LogP contribution in [-0.4, -0.2) is 33.5 Å². The second-order valence-corrected chi connectivity index (χ2v) is 4.68. The fourth-order valence-electron chi connectivity index (χ4n) is 2.19. The Balaban J connectivity index is 1.96. The largest absolute Gasteiger partial charge is 0.493 e. The number of alkyl halides is 2.